The fourth-order valence-electron chi connectivity index (χ4n) is 1.38. The summed E-state index contributed by atoms with van der Waals surface area (Å²) in [7, 11) is 0. The molecule has 0 saturated carbocycles. The molecule has 1 rings (SSSR count). The van der Waals surface area contributed by atoms with Crippen molar-refractivity contribution in [3.8, 4) is 11.5 Å². The summed E-state index contributed by atoms with van der Waals surface area (Å²) < 4.78 is 45.7. The van der Waals surface area contributed by atoms with Crippen molar-refractivity contribution >= 4 is 5.69 Å². The fraction of sp³-hybridized carbons (Fsp3) is 0.500. The average Bonchev–Trinajstić information content (AvgIpc) is 2.24. The molecule has 0 atom stereocenters. The van der Waals surface area contributed by atoms with Crippen molar-refractivity contribution < 1.29 is 22.6 Å². The third kappa shape index (κ3) is 5.16. The van der Waals surface area contributed by atoms with Crippen LogP contribution in [0.2, 0.25) is 0 Å². The molecule has 1 aromatic carbocycles. The number of hydrogen-bond donors (Lipinski definition) is 1. The highest BCUT2D eigenvalue weighted by atomic mass is 19.4. The summed E-state index contributed by atoms with van der Waals surface area (Å²) in [5.41, 5.74) is 5.61. The van der Waals surface area contributed by atoms with Crippen LogP contribution in [0.25, 0.3) is 0 Å². The van der Waals surface area contributed by atoms with E-state index in [1.54, 1.807) is 0 Å². The first-order chi connectivity index (χ1) is 8.42. The van der Waals surface area contributed by atoms with E-state index >= 15 is 0 Å². The van der Waals surface area contributed by atoms with Gasteiger partial charge in [0, 0.05) is 11.8 Å². The van der Waals surface area contributed by atoms with Crippen LogP contribution >= 0.6 is 0 Å². The van der Waals surface area contributed by atoms with Crippen molar-refractivity contribution in [2.75, 3.05) is 12.3 Å². The Kier molecular flexibility index (Phi) is 5.12. The molecule has 0 fully saturated rings. The smallest absolute Gasteiger partial charge is 0.490 e. The van der Waals surface area contributed by atoms with Gasteiger partial charge in [-0.1, -0.05) is 19.8 Å². The van der Waals surface area contributed by atoms with Crippen molar-refractivity contribution in [3.63, 3.8) is 0 Å². The van der Waals surface area contributed by atoms with Gasteiger partial charge >= 0.3 is 6.36 Å². The van der Waals surface area contributed by atoms with Gasteiger partial charge in [0.05, 0.1) is 6.61 Å². The number of anilines is 1. The summed E-state index contributed by atoms with van der Waals surface area (Å²) in [6, 6.07) is 3.95. The van der Waals surface area contributed by atoms with E-state index in [1.807, 2.05) is 6.92 Å². The van der Waals surface area contributed by atoms with Crippen LogP contribution in [0.15, 0.2) is 18.2 Å². The van der Waals surface area contributed by atoms with E-state index < -0.39 is 12.1 Å². The van der Waals surface area contributed by atoms with Gasteiger partial charge in [-0.15, -0.1) is 13.2 Å². The van der Waals surface area contributed by atoms with Gasteiger partial charge in [0.15, 0.2) is 11.5 Å². The molecule has 0 aliphatic heterocycles. The zero-order chi connectivity index (χ0) is 13.6. The Morgan fingerprint density at radius 3 is 2.50 bits per heavy atom. The molecule has 0 heterocycles. The summed E-state index contributed by atoms with van der Waals surface area (Å²) >= 11 is 0. The van der Waals surface area contributed by atoms with E-state index in [-0.39, 0.29) is 11.4 Å². The van der Waals surface area contributed by atoms with Gasteiger partial charge in [0.1, 0.15) is 0 Å². The third-order valence-corrected chi connectivity index (χ3v) is 2.20. The molecule has 0 aliphatic carbocycles. The number of halogens is 3. The van der Waals surface area contributed by atoms with E-state index in [1.165, 1.54) is 12.1 Å². The Labute approximate surface area is 104 Å². The SMILES string of the molecule is CCCCCOc1ccc(N)cc1OC(F)(F)F. The number of nitrogen functional groups attached to an aromatic ring is 1. The maximum absolute atomic E-state index is 12.2. The average molecular weight is 263 g/mol. The molecular weight excluding hydrogens is 247 g/mol. The molecule has 6 heteroatoms. The molecule has 1 aromatic rings. The number of alkyl halides is 3. The molecule has 18 heavy (non-hydrogen) atoms. The summed E-state index contributed by atoms with van der Waals surface area (Å²) in [4.78, 5) is 0. The summed E-state index contributed by atoms with van der Waals surface area (Å²) in [5.74, 6) is -0.350. The Morgan fingerprint density at radius 2 is 1.89 bits per heavy atom. The summed E-state index contributed by atoms with van der Waals surface area (Å²) in [6.45, 7) is 2.38. The molecule has 0 aromatic heterocycles. The normalized spacial score (nSPS) is 11.3. The van der Waals surface area contributed by atoms with Crippen LogP contribution in [0.5, 0.6) is 11.5 Å². The molecule has 3 nitrogen and oxygen atoms in total. The highest BCUT2D eigenvalue weighted by Crippen LogP contribution is 2.33. The van der Waals surface area contributed by atoms with Crippen LogP contribution in [0.1, 0.15) is 26.2 Å². The maximum atomic E-state index is 12.2. The standard InChI is InChI=1S/C12H16F3NO2/c1-2-3-4-7-17-10-6-5-9(16)8-11(10)18-12(13,14)15/h5-6,8H,2-4,7,16H2,1H3. The van der Waals surface area contributed by atoms with Crippen molar-refractivity contribution in [3.05, 3.63) is 18.2 Å². The van der Waals surface area contributed by atoms with Crippen molar-refractivity contribution in [2.45, 2.75) is 32.5 Å². The summed E-state index contributed by atoms with van der Waals surface area (Å²) in [5, 5.41) is 0. The van der Waals surface area contributed by atoms with E-state index in [4.69, 9.17) is 10.5 Å². The van der Waals surface area contributed by atoms with E-state index in [9.17, 15) is 13.2 Å². The Morgan fingerprint density at radius 1 is 1.17 bits per heavy atom. The number of nitrogens with two attached hydrogens (primary N) is 1. The molecule has 0 spiro atoms. The van der Waals surface area contributed by atoms with Crippen molar-refractivity contribution in [1.29, 1.82) is 0 Å². The predicted molar refractivity (Wildman–Crippen MR) is 62.6 cm³/mol. The second kappa shape index (κ2) is 6.37. The topological polar surface area (TPSA) is 44.5 Å². The van der Waals surface area contributed by atoms with Gasteiger partial charge in [-0.25, -0.2) is 0 Å². The van der Waals surface area contributed by atoms with Gasteiger partial charge in [0.2, 0.25) is 0 Å². The first-order valence-electron chi connectivity index (χ1n) is 5.70. The summed E-state index contributed by atoms with van der Waals surface area (Å²) in [6.07, 6.45) is -2.00. The molecule has 0 unspecified atom stereocenters. The van der Waals surface area contributed by atoms with Gasteiger partial charge in [-0.2, -0.15) is 0 Å². The highest BCUT2D eigenvalue weighted by Gasteiger charge is 2.32. The van der Waals surface area contributed by atoms with Crippen molar-refractivity contribution in [1.82, 2.24) is 0 Å². The molecule has 0 amide bonds. The molecule has 102 valence electrons. The molecule has 0 saturated heterocycles. The Hall–Kier alpha value is -1.59. The molecule has 0 aliphatic rings. The zero-order valence-electron chi connectivity index (χ0n) is 10.1. The highest BCUT2D eigenvalue weighted by molar-refractivity contribution is 5.52. The monoisotopic (exact) mass is 263 g/mol. The number of rotatable bonds is 6. The van der Waals surface area contributed by atoms with Gasteiger partial charge in [0.25, 0.3) is 0 Å². The lowest BCUT2D eigenvalue weighted by molar-refractivity contribution is -0.275. The number of benzene rings is 1. The van der Waals surface area contributed by atoms with E-state index in [0.717, 1.165) is 25.3 Å². The first kappa shape index (κ1) is 14.5. The number of hydrogen-bond acceptors (Lipinski definition) is 3. The quantitative estimate of drug-likeness (QED) is 0.628. The second-order valence-electron chi connectivity index (χ2n) is 3.81. The van der Waals surface area contributed by atoms with Gasteiger partial charge < -0.3 is 15.2 Å². The minimum Gasteiger partial charge on any atom is -0.490 e. The van der Waals surface area contributed by atoms with Crippen LogP contribution in [-0.4, -0.2) is 13.0 Å². The van der Waals surface area contributed by atoms with Crippen LogP contribution in [0, 0.1) is 0 Å². The van der Waals surface area contributed by atoms with Crippen molar-refractivity contribution in [2.24, 2.45) is 0 Å². The largest absolute Gasteiger partial charge is 0.573 e. The predicted octanol–water partition coefficient (Wildman–Crippen LogP) is 3.74. The number of ether oxygens (including phenoxy) is 2. The molecule has 2 N–H and O–H groups in total. The zero-order valence-corrected chi connectivity index (χ0v) is 10.1. The fourth-order valence-corrected chi connectivity index (χ4v) is 1.38. The van der Waals surface area contributed by atoms with Gasteiger partial charge in [-0.05, 0) is 18.6 Å². The lowest BCUT2D eigenvalue weighted by Crippen LogP contribution is -2.18. The van der Waals surface area contributed by atoms with Crippen LogP contribution < -0.4 is 15.2 Å². The lowest BCUT2D eigenvalue weighted by Gasteiger charge is -2.14. The lowest BCUT2D eigenvalue weighted by atomic mass is 10.2. The second-order valence-corrected chi connectivity index (χ2v) is 3.81. The van der Waals surface area contributed by atoms with Crippen LogP contribution in [0.4, 0.5) is 18.9 Å². The Balaban J connectivity index is 2.70. The van der Waals surface area contributed by atoms with Crippen LogP contribution in [0.3, 0.4) is 0 Å². The van der Waals surface area contributed by atoms with Crippen LogP contribution in [-0.2, 0) is 0 Å². The minimum atomic E-state index is -4.75. The van der Waals surface area contributed by atoms with E-state index in [0.29, 0.717) is 6.61 Å². The first-order valence-corrected chi connectivity index (χ1v) is 5.70. The third-order valence-electron chi connectivity index (χ3n) is 2.20. The maximum Gasteiger partial charge on any atom is 0.573 e. The molecular formula is C12H16F3NO2. The molecule has 0 bridgehead atoms. The molecule has 0 radical (unpaired) electrons. The Bertz CT molecular complexity index is 380. The minimum absolute atomic E-state index is 0.0534. The number of unbranched alkanes of at least 4 members (excludes halogenated alkanes) is 2. The van der Waals surface area contributed by atoms with Gasteiger partial charge in [-0.3, -0.25) is 0 Å². The van der Waals surface area contributed by atoms with E-state index in [2.05, 4.69) is 4.74 Å².